The lowest BCUT2D eigenvalue weighted by atomic mass is 10.0. The topological polar surface area (TPSA) is 85.9 Å². The fraction of sp³-hybridized carbons (Fsp3) is 0.167. The molecule has 88 valence electrons. The molecule has 2 rings (SSSR count). The highest BCUT2D eigenvalue weighted by Crippen LogP contribution is 2.21. The summed E-state index contributed by atoms with van der Waals surface area (Å²) in [6.45, 7) is 0. The molecule has 0 bridgehead atoms. The lowest BCUT2D eigenvalue weighted by Gasteiger charge is -2.05. The van der Waals surface area contributed by atoms with E-state index in [9.17, 15) is 9.59 Å². The van der Waals surface area contributed by atoms with Gasteiger partial charge in [-0.05, 0) is 12.0 Å². The van der Waals surface area contributed by atoms with Crippen molar-refractivity contribution < 1.29 is 9.90 Å². The zero-order chi connectivity index (χ0) is 12.3. The summed E-state index contributed by atoms with van der Waals surface area (Å²) in [7, 11) is 0. The maximum absolute atomic E-state index is 11.0. The Bertz CT molecular complexity index is 583. The normalized spacial score (nSPS) is 10.4. The summed E-state index contributed by atoms with van der Waals surface area (Å²) in [6, 6.07) is 7.43. The fourth-order valence-electron chi connectivity index (χ4n) is 1.72. The molecular formula is C12H12N2O3. The van der Waals surface area contributed by atoms with Gasteiger partial charge in [-0.1, -0.05) is 24.3 Å². The molecule has 0 spiro atoms. The molecule has 0 atom stereocenters. The van der Waals surface area contributed by atoms with Crippen LogP contribution in [0.15, 0.2) is 35.3 Å². The number of imidazole rings is 1. The quantitative estimate of drug-likeness (QED) is 0.744. The first-order valence-electron chi connectivity index (χ1n) is 5.24. The maximum Gasteiger partial charge on any atom is 0.323 e. The lowest BCUT2D eigenvalue weighted by Crippen LogP contribution is -2.01. The minimum Gasteiger partial charge on any atom is -0.481 e. The summed E-state index contributed by atoms with van der Waals surface area (Å²) in [6.07, 6.45) is 2.10. The fourth-order valence-corrected chi connectivity index (χ4v) is 1.72. The van der Waals surface area contributed by atoms with Crippen LogP contribution in [0.25, 0.3) is 11.3 Å². The van der Waals surface area contributed by atoms with Crippen LogP contribution in [0.2, 0.25) is 0 Å². The van der Waals surface area contributed by atoms with Gasteiger partial charge in [-0.25, -0.2) is 4.79 Å². The molecule has 2 aromatic rings. The second-order valence-corrected chi connectivity index (χ2v) is 3.71. The SMILES string of the molecule is O=C(O)CCc1ccccc1-c1c[nH]c(=O)[nH]1. The van der Waals surface area contributed by atoms with E-state index in [4.69, 9.17) is 5.11 Å². The first kappa shape index (κ1) is 11.2. The smallest absolute Gasteiger partial charge is 0.323 e. The van der Waals surface area contributed by atoms with Crippen molar-refractivity contribution in [2.45, 2.75) is 12.8 Å². The number of carbonyl (C=O) groups is 1. The van der Waals surface area contributed by atoms with Gasteiger partial charge in [0.15, 0.2) is 0 Å². The van der Waals surface area contributed by atoms with E-state index >= 15 is 0 Å². The molecule has 0 fully saturated rings. The highest BCUT2D eigenvalue weighted by atomic mass is 16.4. The average molecular weight is 232 g/mol. The minimum absolute atomic E-state index is 0.0751. The third kappa shape index (κ3) is 2.63. The van der Waals surface area contributed by atoms with Crippen molar-refractivity contribution in [2.24, 2.45) is 0 Å². The molecule has 1 aromatic carbocycles. The third-order valence-electron chi connectivity index (χ3n) is 2.51. The van der Waals surface area contributed by atoms with Gasteiger partial charge in [0.1, 0.15) is 0 Å². The predicted octanol–water partition coefficient (Wildman–Crippen LogP) is 1.39. The Kier molecular flexibility index (Phi) is 3.09. The van der Waals surface area contributed by atoms with Gasteiger partial charge in [-0.15, -0.1) is 0 Å². The number of benzene rings is 1. The van der Waals surface area contributed by atoms with Gasteiger partial charge in [-0.3, -0.25) is 4.79 Å². The molecule has 1 heterocycles. The van der Waals surface area contributed by atoms with E-state index in [0.717, 1.165) is 11.1 Å². The van der Waals surface area contributed by atoms with E-state index in [1.165, 1.54) is 0 Å². The molecule has 0 aliphatic heterocycles. The van der Waals surface area contributed by atoms with E-state index in [1.807, 2.05) is 24.3 Å². The molecule has 0 radical (unpaired) electrons. The predicted molar refractivity (Wildman–Crippen MR) is 62.8 cm³/mol. The van der Waals surface area contributed by atoms with Crippen LogP contribution < -0.4 is 5.69 Å². The summed E-state index contributed by atoms with van der Waals surface area (Å²) in [5.41, 5.74) is 2.17. The molecule has 0 amide bonds. The molecule has 0 saturated carbocycles. The van der Waals surface area contributed by atoms with Crippen molar-refractivity contribution in [3.63, 3.8) is 0 Å². The van der Waals surface area contributed by atoms with Crippen LogP contribution in [0.1, 0.15) is 12.0 Å². The van der Waals surface area contributed by atoms with Gasteiger partial charge in [0.2, 0.25) is 0 Å². The number of rotatable bonds is 4. The van der Waals surface area contributed by atoms with Crippen LogP contribution in [0, 0.1) is 0 Å². The first-order valence-corrected chi connectivity index (χ1v) is 5.24. The number of H-pyrrole nitrogens is 2. The summed E-state index contributed by atoms with van der Waals surface area (Å²) in [5, 5.41) is 8.68. The Morgan fingerprint density at radius 3 is 2.71 bits per heavy atom. The Balaban J connectivity index is 2.33. The number of hydrogen-bond acceptors (Lipinski definition) is 2. The standard InChI is InChI=1S/C12H12N2O3/c15-11(16)6-5-8-3-1-2-4-9(8)10-7-13-12(17)14-10/h1-4,7H,5-6H2,(H,15,16)(H2,13,14,17). The summed E-state index contributed by atoms with van der Waals surface area (Å²) < 4.78 is 0. The Morgan fingerprint density at radius 2 is 2.06 bits per heavy atom. The van der Waals surface area contributed by atoms with E-state index in [0.29, 0.717) is 12.1 Å². The van der Waals surface area contributed by atoms with Gasteiger partial charge < -0.3 is 15.1 Å². The molecule has 5 heteroatoms. The molecule has 0 aliphatic carbocycles. The number of aliphatic carboxylic acids is 1. The molecule has 3 N–H and O–H groups in total. The van der Waals surface area contributed by atoms with Crippen LogP contribution in [0.4, 0.5) is 0 Å². The number of carboxylic acid groups (broad SMARTS) is 1. The highest BCUT2D eigenvalue weighted by molar-refractivity contribution is 5.69. The summed E-state index contributed by atoms with van der Waals surface area (Å²) in [4.78, 5) is 26.8. The first-order chi connectivity index (χ1) is 8.16. The maximum atomic E-state index is 11.0. The van der Waals surface area contributed by atoms with E-state index < -0.39 is 5.97 Å². The third-order valence-corrected chi connectivity index (χ3v) is 2.51. The molecule has 1 aromatic heterocycles. The number of carboxylic acids is 1. The van der Waals surface area contributed by atoms with E-state index in [1.54, 1.807) is 6.20 Å². The van der Waals surface area contributed by atoms with Gasteiger partial charge in [0.05, 0.1) is 5.69 Å². The van der Waals surface area contributed by atoms with Crippen molar-refractivity contribution in [1.29, 1.82) is 0 Å². The van der Waals surface area contributed by atoms with Gasteiger partial charge in [0.25, 0.3) is 0 Å². The van der Waals surface area contributed by atoms with Crippen molar-refractivity contribution >= 4 is 5.97 Å². The molecule has 0 unspecified atom stereocenters. The number of nitrogens with one attached hydrogen (secondary N) is 2. The zero-order valence-corrected chi connectivity index (χ0v) is 9.06. The minimum atomic E-state index is -0.831. The number of aromatic nitrogens is 2. The molecule has 0 aliphatic rings. The van der Waals surface area contributed by atoms with Crippen molar-refractivity contribution in [1.82, 2.24) is 9.97 Å². The summed E-state index contributed by atoms with van der Waals surface area (Å²) in [5.74, 6) is -0.831. The monoisotopic (exact) mass is 232 g/mol. The van der Waals surface area contributed by atoms with Crippen LogP contribution in [-0.2, 0) is 11.2 Å². The molecule has 17 heavy (non-hydrogen) atoms. The second kappa shape index (κ2) is 4.69. The van der Waals surface area contributed by atoms with E-state index in [-0.39, 0.29) is 12.1 Å². The second-order valence-electron chi connectivity index (χ2n) is 3.71. The number of aryl methyl sites for hydroxylation is 1. The van der Waals surface area contributed by atoms with Crippen molar-refractivity contribution in [3.05, 3.63) is 46.5 Å². The largest absolute Gasteiger partial charge is 0.481 e. The lowest BCUT2D eigenvalue weighted by molar-refractivity contribution is -0.136. The summed E-state index contributed by atoms with van der Waals surface area (Å²) >= 11 is 0. The van der Waals surface area contributed by atoms with Crippen LogP contribution in [0.5, 0.6) is 0 Å². The Hall–Kier alpha value is -2.30. The van der Waals surface area contributed by atoms with Gasteiger partial charge in [-0.2, -0.15) is 0 Å². The number of aromatic amines is 2. The van der Waals surface area contributed by atoms with Gasteiger partial charge in [0, 0.05) is 18.2 Å². The van der Waals surface area contributed by atoms with Crippen LogP contribution >= 0.6 is 0 Å². The van der Waals surface area contributed by atoms with Gasteiger partial charge >= 0.3 is 11.7 Å². The van der Waals surface area contributed by atoms with Crippen molar-refractivity contribution in [3.8, 4) is 11.3 Å². The molecule has 5 nitrogen and oxygen atoms in total. The van der Waals surface area contributed by atoms with Crippen LogP contribution in [-0.4, -0.2) is 21.0 Å². The zero-order valence-electron chi connectivity index (χ0n) is 9.06. The highest BCUT2D eigenvalue weighted by Gasteiger charge is 2.07. The molecule has 0 saturated heterocycles. The average Bonchev–Trinajstić information content (AvgIpc) is 2.73. The Labute approximate surface area is 97.1 Å². The molecular weight excluding hydrogens is 220 g/mol. The number of hydrogen-bond donors (Lipinski definition) is 3. The van der Waals surface area contributed by atoms with E-state index in [2.05, 4.69) is 9.97 Å². The van der Waals surface area contributed by atoms with Crippen molar-refractivity contribution in [2.75, 3.05) is 0 Å². The van der Waals surface area contributed by atoms with Crippen LogP contribution in [0.3, 0.4) is 0 Å². The Morgan fingerprint density at radius 1 is 1.29 bits per heavy atom.